The third kappa shape index (κ3) is 5.20. The van der Waals surface area contributed by atoms with E-state index in [9.17, 15) is 4.79 Å². The fourth-order valence-corrected chi connectivity index (χ4v) is 5.01. The molecule has 1 atom stereocenters. The molecular weight excluding hydrogens is 422 g/mol. The van der Waals surface area contributed by atoms with Crippen LogP contribution in [0.15, 0.2) is 12.4 Å². The van der Waals surface area contributed by atoms with Crippen molar-refractivity contribution in [2.24, 2.45) is 5.92 Å². The first kappa shape index (κ1) is 23.3. The Morgan fingerprint density at radius 3 is 2.52 bits per heavy atom. The van der Waals surface area contributed by atoms with Crippen LogP contribution in [0.5, 0.6) is 6.01 Å². The van der Waals surface area contributed by atoms with E-state index in [0.717, 1.165) is 42.6 Å². The van der Waals surface area contributed by atoms with Crippen molar-refractivity contribution in [3.8, 4) is 6.01 Å². The lowest BCUT2D eigenvalue weighted by Gasteiger charge is -2.35. The number of aliphatic hydroxyl groups is 1. The van der Waals surface area contributed by atoms with Crippen molar-refractivity contribution in [3.63, 3.8) is 0 Å². The summed E-state index contributed by atoms with van der Waals surface area (Å²) in [5.74, 6) is 0.816. The quantitative estimate of drug-likeness (QED) is 0.677. The van der Waals surface area contributed by atoms with Crippen LogP contribution >= 0.6 is 0 Å². The Bertz CT molecular complexity index is 1020. The molecule has 2 aliphatic rings. The SMILES string of the molecule is COc1ncc(/C2=C/c3c(C)nc(N)nc3[C@@H](C3CCC(OCCO)CC3)CCC2=O)cn1. The molecule has 4 rings (SSSR count). The van der Waals surface area contributed by atoms with Crippen LogP contribution in [0.2, 0.25) is 0 Å². The second-order valence-corrected chi connectivity index (χ2v) is 8.68. The predicted octanol–water partition coefficient (Wildman–Crippen LogP) is 2.72. The first-order valence-electron chi connectivity index (χ1n) is 11.5. The molecular formula is C24H31N5O4. The van der Waals surface area contributed by atoms with Crippen molar-refractivity contribution in [1.29, 1.82) is 0 Å². The number of carbonyl (C=O) groups excluding carboxylic acids is 1. The number of aryl methyl sites for hydroxylation is 1. The molecule has 9 heteroatoms. The minimum Gasteiger partial charge on any atom is -0.467 e. The Labute approximate surface area is 193 Å². The number of anilines is 1. The van der Waals surface area contributed by atoms with Crippen LogP contribution < -0.4 is 10.5 Å². The molecule has 2 heterocycles. The van der Waals surface area contributed by atoms with Crippen molar-refractivity contribution in [3.05, 3.63) is 34.9 Å². The Kier molecular flexibility index (Phi) is 7.29. The maximum Gasteiger partial charge on any atom is 0.316 e. The standard InChI is InChI=1S/C24H31N5O4/c1-14-19-11-20(16-12-26-24(32-2)27-13-16)21(31)8-7-18(22(19)29-23(25)28-14)15-3-5-17(6-4-15)33-10-9-30/h11-13,15,17-18,30H,3-10H2,1-2H3,(H2,25,28,29)/b20-11-/t15?,17?,18-/m1/s1. The first-order valence-corrected chi connectivity index (χ1v) is 11.5. The number of aliphatic hydroxyl groups excluding tert-OH is 1. The van der Waals surface area contributed by atoms with Crippen LogP contribution in [0, 0.1) is 12.8 Å². The Balaban J connectivity index is 1.68. The van der Waals surface area contributed by atoms with E-state index in [1.54, 1.807) is 12.4 Å². The lowest BCUT2D eigenvalue weighted by atomic mass is 9.73. The highest BCUT2D eigenvalue weighted by Crippen LogP contribution is 2.43. The van der Waals surface area contributed by atoms with Crippen LogP contribution in [-0.4, -0.2) is 57.3 Å². The second-order valence-electron chi connectivity index (χ2n) is 8.68. The molecule has 1 fully saturated rings. The zero-order valence-corrected chi connectivity index (χ0v) is 19.2. The summed E-state index contributed by atoms with van der Waals surface area (Å²) < 4.78 is 10.8. The molecule has 0 radical (unpaired) electrons. The van der Waals surface area contributed by atoms with E-state index in [2.05, 4.69) is 19.9 Å². The summed E-state index contributed by atoms with van der Waals surface area (Å²) in [6.45, 7) is 2.32. The Hall–Kier alpha value is -2.91. The number of nitrogen functional groups attached to an aromatic ring is 1. The molecule has 176 valence electrons. The minimum absolute atomic E-state index is 0.0431. The molecule has 2 aromatic rings. The molecule has 0 saturated heterocycles. The Morgan fingerprint density at radius 2 is 1.85 bits per heavy atom. The third-order valence-corrected chi connectivity index (χ3v) is 6.66. The summed E-state index contributed by atoms with van der Waals surface area (Å²) in [7, 11) is 1.50. The molecule has 0 bridgehead atoms. The third-order valence-electron chi connectivity index (χ3n) is 6.66. The van der Waals surface area contributed by atoms with E-state index in [0.29, 0.717) is 36.5 Å². The predicted molar refractivity (Wildman–Crippen MR) is 123 cm³/mol. The van der Waals surface area contributed by atoms with E-state index in [4.69, 9.17) is 20.3 Å². The number of methoxy groups -OCH3 is 1. The largest absolute Gasteiger partial charge is 0.467 e. The highest BCUT2D eigenvalue weighted by molar-refractivity contribution is 6.25. The number of carbonyl (C=O) groups is 1. The van der Waals surface area contributed by atoms with E-state index in [1.807, 2.05) is 13.0 Å². The number of hydrogen-bond acceptors (Lipinski definition) is 9. The average molecular weight is 454 g/mol. The van der Waals surface area contributed by atoms with Gasteiger partial charge in [0.2, 0.25) is 5.95 Å². The summed E-state index contributed by atoms with van der Waals surface area (Å²) in [4.78, 5) is 30.6. The number of allylic oxidation sites excluding steroid dienone is 1. The van der Waals surface area contributed by atoms with Crippen molar-refractivity contribution >= 4 is 23.4 Å². The van der Waals surface area contributed by atoms with Crippen molar-refractivity contribution in [2.75, 3.05) is 26.1 Å². The van der Waals surface area contributed by atoms with E-state index >= 15 is 0 Å². The monoisotopic (exact) mass is 453 g/mol. The number of aromatic nitrogens is 4. The summed E-state index contributed by atoms with van der Waals surface area (Å²) in [5, 5.41) is 9.02. The topological polar surface area (TPSA) is 133 Å². The van der Waals surface area contributed by atoms with Crippen molar-refractivity contribution in [1.82, 2.24) is 19.9 Å². The molecule has 0 aliphatic heterocycles. The minimum atomic E-state index is 0.0431. The maximum atomic E-state index is 13.2. The van der Waals surface area contributed by atoms with Crippen LogP contribution in [0.1, 0.15) is 67.0 Å². The van der Waals surface area contributed by atoms with Gasteiger partial charge in [0, 0.05) is 41.4 Å². The van der Waals surface area contributed by atoms with Gasteiger partial charge in [0.1, 0.15) is 0 Å². The van der Waals surface area contributed by atoms with Crippen molar-refractivity contribution < 1.29 is 19.4 Å². The first-order chi connectivity index (χ1) is 16.0. The molecule has 3 N–H and O–H groups in total. The molecule has 0 aromatic carbocycles. The number of nitrogens with two attached hydrogens (primary N) is 1. The molecule has 0 spiro atoms. The van der Waals surface area contributed by atoms with Gasteiger partial charge in [0.25, 0.3) is 0 Å². The number of ether oxygens (including phenoxy) is 2. The smallest absolute Gasteiger partial charge is 0.316 e. The van der Waals surface area contributed by atoms with Gasteiger partial charge >= 0.3 is 6.01 Å². The molecule has 0 amide bonds. The van der Waals surface area contributed by atoms with Gasteiger partial charge in [-0.1, -0.05) is 0 Å². The number of Topliss-reactive ketones (excluding diaryl/α,β-unsaturated/α-hetero) is 1. The number of rotatable bonds is 6. The van der Waals surface area contributed by atoms with Crippen LogP contribution in [-0.2, 0) is 9.53 Å². The van der Waals surface area contributed by atoms with Gasteiger partial charge in [-0.2, -0.15) is 0 Å². The summed E-state index contributed by atoms with van der Waals surface area (Å²) in [5.41, 5.74) is 9.77. The van der Waals surface area contributed by atoms with Gasteiger partial charge in [-0.05, 0) is 51.0 Å². The van der Waals surface area contributed by atoms with E-state index in [-0.39, 0.29) is 36.4 Å². The highest BCUT2D eigenvalue weighted by atomic mass is 16.5. The summed E-state index contributed by atoms with van der Waals surface area (Å²) in [6, 6.07) is 0.254. The fraction of sp³-hybridized carbons (Fsp3) is 0.542. The van der Waals surface area contributed by atoms with E-state index in [1.165, 1.54) is 7.11 Å². The molecule has 33 heavy (non-hydrogen) atoms. The van der Waals surface area contributed by atoms with Crippen LogP contribution in [0.4, 0.5) is 5.95 Å². The lowest BCUT2D eigenvalue weighted by Crippen LogP contribution is -2.28. The molecule has 1 saturated carbocycles. The van der Waals surface area contributed by atoms with Gasteiger partial charge < -0.3 is 20.3 Å². The van der Waals surface area contributed by atoms with Gasteiger partial charge in [-0.3, -0.25) is 4.79 Å². The molecule has 2 aromatic heterocycles. The normalized spacial score (nSPS) is 24.9. The lowest BCUT2D eigenvalue weighted by molar-refractivity contribution is -0.114. The molecule has 2 aliphatic carbocycles. The van der Waals surface area contributed by atoms with E-state index < -0.39 is 0 Å². The number of ketones is 1. The summed E-state index contributed by atoms with van der Waals surface area (Å²) in [6.07, 6.45) is 10.2. The average Bonchev–Trinajstić information content (AvgIpc) is 2.82. The number of hydrogen-bond donors (Lipinski definition) is 2. The number of fused-ring (bicyclic) bond motifs is 1. The van der Waals surface area contributed by atoms with Crippen molar-refractivity contribution in [2.45, 2.75) is 57.5 Å². The highest BCUT2D eigenvalue weighted by Gasteiger charge is 2.34. The van der Waals surface area contributed by atoms with Gasteiger partial charge in [-0.25, -0.2) is 19.9 Å². The zero-order chi connectivity index (χ0) is 23.4. The fourth-order valence-electron chi connectivity index (χ4n) is 5.01. The molecule has 9 nitrogen and oxygen atoms in total. The summed E-state index contributed by atoms with van der Waals surface area (Å²) >= 11 is 0. The number of nitrogens with zero attached hydrogens (tertiary/aromatic N) is 4. The molecule has 0 unspecified atom stereocenters. The van der Waals surface area contributed by atoms with Gasteiger partial charge in [0.05, 0.1) is 37.8 Å². The van der Waals surface area contributed by atoms with Gasteiger partial charge in [0.15, 0.2) is 5.78 Å². The van der Waals surface area contributed by atoms with Gasteiger partial charge in [-0.15, -0.1) is 0 Å². The maximum absolute atomic E-state index is 13.2. The Morgan fingerprint density at radius 1 is 1.12 bits per heavy atom. The second kappa shape index (κ2) is 10.4. The zero-order valence-electron chi connectivity index (χ0n) is 19.2. The van der Waals surface area contributed by atoms with Crippen LogP contribution in [0.3, 0.4) is 0 Å². The van der Waals surface area contributed by atoms with Crippen LogP contribution in [0.25, 0.3) is 11.6 Å².